The Morgan fingerprint density at radius 1 is 1.31 bits per heavy atom. The minimum absolute atomic E-state index is 0.559. The van der Waals surface area contributed by atoms with Crippen LogP contribution in [0.3, 0.4) is 0 Å². The van der Waals surface area contributed by atoms with Gasteiger partial charge in [0.2, 0.25) is 0 Å². The molecule has 1 aromatic carbocycles. The highest BCUT2D eigenvalue weighted by Crippen LogP contribution is 2.33. The van der Waals surface area contributed by atoms with Crippen LogP contribution in [0.5, 0.6) is 0 Å². The maximum absolute atomic E-state index is 8.84. The van der Waals surface area contributed by atoms with E-state index in [0.29, 0.717) is 12.0 Å². The van der Waals surface area contributed by atoms with Crippen LogP contribution in [-0.2, 0) is 0 Å². The van der Waals surface area contributed by atoms with Crippen molar-refractivity contribution in [3.63, 3.8) is 0 Å². The molecule has 1 fully saturated rings. The maximum atomic E-state index is 8.84. The molecule has 0 amide bonds. The van der Waals surface area contributed by atoms with Crippen molar-refractivity contribution in [3.8, 4) is 6.07 Å². The molecule has 2 heteroatoms. The Morgan fingerprint density at radius 2 is 2.12 bits per heavy atom. The second-order valence-corrected chi connectivity index (χ2v) is 4.86. The van der Waals surface area contributed by atoms with E-state index in [1.54, 1.807) is 0 Å². The Bertz CT molecular complexity index is 405. The van der Waals surface area contributed by atoms with Crippen LogP contribution in [0.2, 0.25) is 0 Å². The smallest absolute Gasteiger partial charge is 0.0992 e. The summed E-state index contributed by atoms with van der Waals surface area (Å²) in [6.45, 7) is 4.63. The molecule has 84 valence electrons. The fourth-order valence-electron chi connectivity index (χ4n) is 2.46. The molecule has 0 saturated heterocycles. The van der Waals surface area contributed by atoms with Crippen LogP contribution in [0, 0.1) is 23.2 Å². The van der Waals surface area contributed by atoms with E-state index in [-0.39, 0.29) is 0 Å². The summed E-state index contributed by atoms with van der Waals surface area (Å²) in [5.74, 6) is 1.52. The highest BCUT2D eigenvalue weighted by molar-refractivity contribution is 5.49. The molecular weight excluding hydrogens is 196 g/mol. The standard InChI is InChI=1S/C14H18N2/c1-10-6-7-14(11(10)2)16-13-5-3-4-12(8-13)9-15/h3-5,8,10-11,14,16H,6-7H2,1-2H3. The molecule has 0 bridgehead atoms. The highest BCUT2D eigenvalue weighted by atomic mass is 14.9. The number of anilines is 1. The summed E-state index contributed by atoms with van der Waals surface area (Å²) in [5.41, 5.74) is 1.80. The minimum Gasteiger partial charge on any atom is -0.382 e. The zero-order chi connectivity index (χ0) is 11.5. The van der Waals surface area contributed by atoms with Crippen molar-refractivity contribution in [2.24, 2.45) is 11.8 Å². The summed E-state index contributed by atoms with van der Waals surface area (Å²) < 4.78 is 0. The first-order valence-corrected chi connectivity index (χ1v) is 5.97. The molecule has 16 heavy (non-hydrogen) atoms. The lowest BCUT2D eigenvalue weighted by molar-refractivity contribution is 0.435. The summed E-state index contributed by atoms with van der Waals surface area (Å²) in [7, 11) is 0. The second kappa shape index (κ2) is 4.57. The predicted molar refractivity (Wildman–Crippen MR) is 66.1 cm³/mol. The van der Waals surface area contributed by atoms with E-state index in [1.807, 2.05) is 24.3 Å². The topological polar surface area (TPSA) is 35.8 Å². The molecule has 0 radical (unpaired) electrons. The highest BCUT2D eigenvalue weighted by Gasteiger charge is 2.29. The molecule has 3 unspecified atom stereocenters. The Hall–Kier alpha value is -1.49. The van der Waals surface area contributed by atoms with E-state index in [0.717, 1.165) is 17.2 Å². The van der Waals surface area contributed by atoms with Gasteiger partial charge < -0.3 is 5.32 Å². The predicted octanol–water partition coefficient (Wildman–Crippen LogP) is 3.40. The van der Waals surface area contributed by atoms with Gasteiger partial charge in [-0.3, -0.25) is 0 Å². The number of hydrogen-bond donors (Lipinski definition) is 1. The summed E-state index contributed by atoms with van der Waals surface area (Å²) in [6.07, 6.45) is 2.54. The van der Waals surface area contributed by atoms with E-state index >= 15 is 0 Å². The first-order valence-electron chi connectivity index (χ1n) is 5.97. The van der Waals surface area contributed by atoms with Gasteiger partial charge in [-0.05, 0) is 42.9 Å². The van der Waals surface area contributed by atoms with Crippen LogP contribution in [0.1, 0.15) is 32.3 Å². The van der Waals surface area contributed by atoms with E-state index < -0.39 is 0 Å². The van der Waals surface area contributed by atoms with Gasteiger partial charge in [-0.15, -0.1) is 0 Å². The van der Waals surface area contributed by atoms with Crippen molar-refractivity contribution in [2.45, 2.75) is 32.7 Å². The maximum Gasteiger partial charge on any atom is 0.0992 e. The van der Waals surface area contributed by atoms with Gasteiger partial charge in [0.1, 0.15) is 0 Å². The van der Waals surface area contributed by atoms with Crippen molar-refractivity contribution in [1.82, 2.24) is 0 Å². The molecule has 1 aliphatic carbocycles. The molecule has 1 N–H and O–H groups in total. The molecule has 3 atom stereocenters. The van der Waals surface area contributed by atoms with Gasteiger partial charge in [0.05, 0.1) is 11.6 Å². The fraction of sp³-hybridized carbons (Fsp3) is 0.500. The lowest BCUT2D eigenvalue weighted by Gasteiger charge is -2.20. The van der Waals surface area contributed by atoms with E-state index in [1.165, 1.54) is 12.8 Å². The normalized spacial score (nSPS) is 28.7. The van der Waals surface area contributed by atoms with Crippen LogP contribution in [-0.4, -0.2) is 6.04 Å². The first kappa shape index (κ1) is 11.0. The van der Waals surface area contributed by atoms with Gasteiger partial charge in [-0.1, -0.05) is 19.9 Å². The zero-order valence-electron chi connectivity index (χ0n) is 9.90. The van der Waals surface area contributed by atoms with Gasteiger partial charge in [0.25, 0.3) is 0 Å². The van der Waals surface area contributed by atoms with Crippen LogP contribution in [0.25, 0.3) is 0 Å². The first-order chi connectivity index (χ1) is 7.70. The number of nitrogens with one attached hydrogen (secondary N) is 1. The monoisotopic (exact) mass is 214 g/mol. The molecule has 0 aliphatic heterocycles. The fourth-order valence-corrected chi connectivity index (χ4v) is 2.46. The molecule has 2 nitrogen and oxygen atoms in total. The summed E-state index contributed by atoms with van der Waals surface area (Å²) >= 11 is 0. The number of hydrogen-bond acceptors (Lipinski definition) is 2. The van der Waals surface area contributed by atoms with Crippen molar-refractivity contribution in [2.75, 3.05) is 5.32 Å². The lowest BCUT2D eigenvalue weighted by atomic mass is 9.97. The Kier molecular flexibility index (Phi) is 3.14. The molecule has 2 rings (SSSR count). The molecule has 1 aromatic rings. The second-order valence-electron chi connectivity index (χ2n) is 4.86. The molecule has 0 spiro atoms. The van der Waals surface area contributed by atoms with Gasteiger partial charge >= 0.3 is 0 Å². The van der Waals surface area contributed by atoms with Crippen LogP contribution in [0.15, 0.2) is 24.3 Å². The Morgan fingerprint density at radius 3 is 2.75 bits per heavy atom. The van der Waals surface area contributed by atoms with Crippen molar-refractivity contribution >= 4 is 5.69 Å². The molecular formula is C14H18N2. The third-order valence-electron chi connectivity index (χ3n) is 3.81. The number of nitrogens with zero attached hydrogens (tertiary/aromatic N) is 1. The molecule has 1 aliphatic rings. The van der Waals surface area contributed by atoms with Crippen molar-refractivity contribution in [1.29, 1.82) is 5.26 Å². The lowest BCUT2D eigenvalue weighted by Crippen LogP contribution is -2.23. The van der Waals surface area contributed by atoms with E-state index in [9.17, 15) is 0 Å². The average Bonchev–Trinajstić information content (AvgIpc) is 2.61. The third-order valence-corrected chi connectivity index (χ3v) is 3.81. The Balaban J connectivity index is 2.07. The Labute approximate surface area is 97.3 Å². The summed E-state index contributed by atoms with van der Waals surface area (Å²) in [6, 6.07) is 10.5. The van der Waals surface area contributed by atoms with Gasteiger partial charge in [-0.25, -0.2) is 0 Å². The minimum atomic E-state index is 0.559. The SMILES string of the molecule is CC1CCC(Nc2cccc(C#N)c2)C1C. The van der Waals surface area contributed by atoms with Crippen LogP contribution >= 0.6 is 0 Å². The van der Waals surface area contributed by atoms with Crippen molar-refractivity contribution < 1.29 is 0 Å². The zero-order valence-corrected chi connectivity index (χ0v) is 9.90. The van der Waals surface area contributed by atoms with Gasteiger partial charge in [0.15, 0.2) is 0 Å². The van der Waals surface area contributed by atoms with E-state index in [2.05, 4.69) is 25.2 Å². The molecule has 0 aromatic heterocycles. The van der Waals surface area contributed by atoms with Gasteiger partial charge in [-0.2, -0.15) is 5.26 Å². The summed E-state index contributed by atoms with van der Waals surface area (Å²) in [4.78, 5) is 0. The van der Waals surface area contributed by atoms with E-state index in [4.69, 9.17) is 5.26 Å². The number of nitriles is 1. The molecule has 0 heterocycles. The van der Waals surface area contributed by atoms with Crippen LogP contribution in [0.4, 0.5) is 5.69 Å². The number of benzene rings is 1. The average molecular weight is 214 g/mol. The van der Waals surface area contributed by atoms with Gasteiger partial charge in [0, 0.05) is 11.7 Å². The quantitative estimate of drug-likeness (QED) is 0.819. The molecule has 1 saturated carbocycles. The van der Waals surface area contributed by atoms with Crippen LogP contribution < -0.4 is 5.32 Å². The summed E-state index contributed by atoms with van der Waals surface area (Å²) in [5, 5.41) is 12.4. The number of rotatable bonds is 2. The van der Waals surface area contributed by atoms with Crippen molar-refractivity contribution in [3.05, 3.63) is 29.8 Å². The third kappa shape index (κ3) is 2.19. The largest absolute Gasteiger partial charge is 0.382 e.